The van der Waals surface area contributed by atoms with Crippen LogP contribution in [-0.4, -0.2) is 21.2 Å². The molecule has 1 N–H and O–H groups in total. The lowest BCUT2D eigenvalue weighted by molar-refractivity contribution is -0.150. The number of aromatic nitrogens is 2. The molecule has 1 heterocycles. The summed E-state index contributed by atoms with van der Waals surface area (Å²) in [5, 5.41) is 13.6. The van der Waals surface area contributed by atoms with E-state index in [4.69, 9.17) is 4.52 Å². The number of carbonyl (C=O) groups is 1. The molecule has 1 aromatic heterocycles. The Morgan fingerprint density at radius 1 is 1.33 bits per heavy atom. The second-order valence-corrected chi connectivity index (χ2v) is 6.79. The largest absolute Gasteiger partial charge is 0.481 e. The lowest BCUT2D eigenvalue weighted by atomic mass is 9.76. The minimum absolute atomic E-state index is 0.00299. The highest BCUT2D eigenvalue weighted by molar-refractivity contribution is 5.74. The molecule has 1 aromatic rings. The van der Waals surface area contributed by atoms with E-state index in [1.54, 1.807) is 6.92 Å². The third kappa shape index (κ3) is 3.63. The molecule has 0 aliphatic heterocycles. The highest BCUT2D eigenvalue weighted by Gasteiger charge is 2.39. The topological polar surface area (TPSA) is 76.2 Å². The van der Waals surface area contributed by atoms with Crippen molar-refractivity contribution in [3.63, 3.8) is 0 Å². The summed E-state index contributed by atoms with van der Waals surface area (Å²) in [5.74, 6) is 0.784. The second-order valence-electron chi connectivity index (χ2n) is 6.79. The first-order chi connectivity index (χ1) is 9.93. The van der Waals surface area contributed by atoms with Gasteiger partial charge in [-0.15, -0.1) is 0 Å². The van der Waals surface area contributed by atoms with Crippen LogP contribution in [0.4, 0.5) is 0 Å². The quantitative estimate of drug-likeness (QED) is 0.836. The Balaban J connectivity index is 2.10. The van der Waals surface area contributed by atoms with Crippen LogP contribution in [-0.2, 0) is 11.2 Å². The normalized spacial score (nSPS) is 20.2. The molecule has 0 bridgehead atoms. The van der Waals surface area contributed by atoms with E-state index in [9.17, 15) is 9.90 Å². The van der Waals surface area contributed by atoms with Crippen molar-refractivity contribution in [3.05, 3.63) is 11.7 Å². The van der Waals surface area contributed by atoms with Crippen LogP contribution in [0.5, 0.6) is 0 Å². The zero-order chi connectivity index (χ0) is 15.5. The fourth-order valence-electron chi connectivity index (χ4n) is 2.88. The standard InChI is InChI=1S/C16H26N2O3/c1-11(2)16(3,15(19)20)10-13-17-14(18-21-13)12-8-6-4-5-7-9-12/h11-12H,4-10H2,1-3H3,(H,19,20). The summed E-state index contributed by atoms with van der Waals surface area (Å²) in [5.41, 5.74) is -0.868. The first-order valence-corrected chi connectivity index (χ1v) is 7.99. The van der Waals surface area contributed by atoms with Gasteiger partial charge in [-0.2, -0.15) is 4.98 Å². The second kappa shape index (κ2) is 6.58. The highest BCUT2D eigenvalue weighted by atomic mass is 16.5. The van der Waals surface area contributed by atoms with Crippen molar-refractivity contribution in [2.45, 2.75) is 71.6 Å². The van der Waals surface area contributed by atoms with E-state index in [1.165, 1.54) is 25.7 Å². The van der Waals surface area contributed by atoms with Crippen LogP contribution in [0.2, 0.25) is 0 Å². The molecule has 1 atom stereocenters. The molecule has 0 radical (unpaired) electrons. The average molecular weight is 294 g/mol. The molecule has 5 heteroatoms. The van der Waals surface area contributed by atoms with Gasteiger partial charge in [-0.25, -0.2) is 0 Å². The van der Waals surface area contributed by atoms with Crippen LogP contribution in [0, 0.1) is 11.3 Å². The molecule has 0 spiro atoms. The van der Waals surface area contributed by atoms with E-state index in [0.717, 1.165) is 18.7 Å². The lowest BCUT2D eigenvalue weighted by Gasteiger charge is -2.27. The minimum atomic E-state index is -0.868. The molecule has 0 saturated heterocycles. The third-order valence-electron chi connectivity index (χ3n) is 4.99. The number of rotatable bonds is 5. The first-order valence-electron chi connectivity index (χ1n) is 7.99. The van der Waals surface area contributed by atoms with Crippen molar-refractivity contribution < 1.29 is 14.4 Å². The summed E-state index contributed by atoms with van der Waals surface area (Å²) in [6.45, 7) is 5.57. The van der Waals surface area contributed by atoms with E-state index in [1.807, 2.05) is 13.8 Å². The average Bonchev–Trinajstić information content (AvgIpc) is 2.72. The maximum atomic E-state index is 11.5. The molecule has 1 aliphatic rings. The van der Waals surface area contributed by atoms with Gasteiger partial charge < -0.3 is 9.63 Å². The van der Waals surface area contributed by atoms with Crippen LogP contribution < -0.4 is 0 Å². The van der Waals surface area contributed by atoms with E-state index in [2.05, 4.69) is 10.1 Å². The molecule has 0 amide bonds. The predicted molar refractivity (Wildman–Crippen MR) is 79.0 cm³/mol. The third-order valence-corrected chi connectivity index (χ3v) is 4.99. The van der Waals surface area contributed by atoms with Crippen molar-refractivity contribution in [1.82, 2.24) is 10.1 Å². The first kappa shape index (κ1) is 16.0. The van der Waals surface area contributed by atoms with Crippen molar-refractivity contribution in [2.24, 2.45) is 11.3 Å². The Morgan fingerprint density at radius 2 is 1.95 bits per heavy atom. The Bertz CT molecular complexity index is 476. The van der Waals surface area contributed by atoms with Gasteiger partial charge in [-0.1, -0.05) is 44.7 Å². The molecule has 1 unspecified atom stereocenters. The van der Waals surface area contributed by atoms with Gasteiger partial charge in [0.2, 0.25) is 5.89 Å². The molecule has 21 heavy (non-hydrogen) atoms. The zero-order valence-electron chi connectivity index (χ0n) is 13.3. The van der Waals surface area contributed by atoms with Crippen LogP contribution in [0.1, 0.15) is 76.9 Å². The van der Waals surface area contributed by atoms with Gasteiger partial charge in [-0.3, -0.25) is 4.79 Å². The molecule has 118 valence electrons. The van der Waals surface area contributed by atoms with Crippen molar-refractivity contribution >= 4 is 5.97 Å². The summed E-state index contributed by atoms with van der Waals surface area (Å²) >= 11 is 0. The van der Waals surface area contributed by atoms with Crippen LogP contribution in [0.15, 0.2) is 4.52 Å². The summed E-state index contributed by atoms with van der Waals surface area (Å²) in [6, 6.07) is 0. The Labute approximate surface area is 126 Å². The molecule has 1 fully saturated rings. The number of hydrogen-bond donors (Lipinski definition) is 1. The zero-order valence-corrected chi connectivity index (χ0v) is 13.3. The maximum Gasteiger partial charge on any atom is 0.310 e. The summed E-state index contributed by atoms with van der Waals surface area (Å²) in [4.78, 5) is 16.0. The van der Waals surface area contributed by atoms with Gasteiger partial charge in [0.05, 0.1) is 5.41 Å². The van der Waals surface area contributed by atoms with Gasteiger partial charge in [0.1, 0.15) is 0 Å². The fourth-order valence-corrected chi connectivity index (χ4v) is 2.88. The van der Waals surface area contributed by atoms with Crippen molar-refractivity contribution in [2.75, 3.05) is 0 Å². The molecular formula is C16H26N2O3. The monoisotopic (exact) mass is 294 g/mol. The van der Waals surface area contributed by atoms with Crippen LogP contribution >= 0.6 is 0 Å². The van der Waals surface area contributed by atoms with E-state index < -0.39 is 11.4 Å². The highest BCUT2D eigenvalue weighted by Crippen LogP contribution is 2.33. The van der Waals surface area contributed by atoms with E-state index >= 15 is 0 Å². The fraction of sp³-hybridized carbons (Fsp3) is 0.812. The Hall–Kier alpha value is -1.39. The Morgan fingerprint density at radius 3 is 2.48 bits per heavy atom. The van der Waals surface area contributed by atoms with Crippen molar-refractivity contribution in [3.8, 4) is 0 Å². The van der Waals surface area contributed by atoms with Crippen LogP contribution in [0.25, 0.3) is 0 Å². The van der Waals surface area contributed by atoms with E-state index in [-0.39, 0.29) is 5.92 Å². The minimum Gasteiger partial charge on any atom is -0.481 e. The summed E-state index contributed by atoms with van der Waals surface area (Å²) < 4.78 is 5.33. The van der Waals surface area contributed by atoms with Gasteiger partial charge in [0.15, 0.2) is 5.82 Å². The van der Waals surface area contributed by atoms with Gasteiger partial charge in [0, 0.05) is 12.3 Å². The summed E-state index contributed by atoms with van der Waals surface area (Å²) in [6.07, 6.45) is 7.51. The maximum absolute atomic E-state index is 11.5. The Kier molecular flexibility index (Phi) is 5.01. The SMILES string of the molecule is CC(C)C(C)(Cc1nc(C2CCCCCC2)no1)C(=O)O. The molecule has 0 aromatic carbocycles. The molecule has 1 saturated carbocycles. The van der Waals surface area contributed by atoms with Gasteiger partial charge in [0.25, 0.3) is 0 Å². The number of carboxylic acids is 1. The predicted octanol–water partition coefficient (Wildman–Crippen LogP) is 3.80. The van der Waals surface area contributed by atoms with Crippen molar-refractivity contribution in [1.29, 1.82) is 0 Å². The molecular weight excluding hydrogens is 268 g/mol. The molecule has 5 nitrogen and oxygen atoms in total. The lowest BCUT2D eigenvalue weighted by Crippen LogP contribution is -2.35. The number of aliphatic carboxylic acids is 1. The number of hydrogen-bond acceptors (Lipinski definition) is 4. The van der Waals surface area contributed by atoms with Gasteiger partial charge in [-0.05, 0) is 25.7 Å². The summed E-state index contributed by atoms with van der Waals surface area (Å²) in [7, 11) is 0. The van der Waals surface area contributed by atoms with Crippen LogP contribution in [0.3, 0.4) is 0 Å². The van der Waals surface area contributed by atoms with E-state index in [0.29, 0.717) is 18.2 Å². The van der Waals surface area contributed by atoms with Gasteiger partial charge >= 0.3 is 5.97 Å². The molecule has 2 rings (SSSR count). The molecule has 1 aliphatic carbocycles. The number of nitrogens with zero attached hydrogens (tertiary/aromatic N) is 2. The number of carboxylic acid groups (broad SMARTS) is 1. The smallest absolute Gasteiger partial charge is 0.310 e.